The van der Waals surface area contributed by atoms with E-state index in [0.29, 0.717) is 0 Å². The van der Waals surface area contributed by atoms with E-state index < -0.39 is 0 Å². The van der Waals surface area contributed by atoms with Crippen LogP contribution in [0.25, 0.3) is 0 Å². The summed E-state index contributed by atoms with van der Waals surface area (Å²) < 4.78 is 1.25. The van der Waals surface area contributed by atoms with E-state index in [2.05, 4.69) is 14.1 Å². The second-order valence-corrected chi connectivity index (χ2v) is 4.50. The van der Waals surface area contributed by atoms with Crippen LogP contribution in [-0.4, -0.2) is 31.7 Å². The molecule has 0 aromatic carbocycles. The second kappa shape index (κ2) is 4.10. The number of hydrogen-bond donors (Lipinski definition) is 0. The van der Waals surface area contributed by atoms with Gasteiger partial charge >= 0.3 is 0 Å². The van der Waals surface area contributed by atoms with Gasteiger partial charge in [0.2, 0.25) is 0 Å². The van der Waals surface area contributed by atoms with E-state index in [1.54, 1.807) is 0 Å². The van der Waals surface area contributed by atoms with E-state index in [4.69, 9.17) is 0 Å². The Kier molecular flexibility index (Phi) is 3.38. The summed E-state index contributed by atoms with van der Waals surface area (Å²) in [5, 5.41) is 0. The normalized spacial score (nSPS) is 26.7. The first-order valence-corrected chi connectivity index (χ1v) is 5.03. The SMILES string of the molecule is C[N+]1(C)CCCCCCCC1. The quantitative estimate of drug-likeness (QED) is 0.472. The average molecular weight is 156 g/mol. The molecular weight excluding hydrogens is 134 g/mol. The predicted octanol–water partition coefficient (Wildman–Crippen LogP) is 2.42. The van der Waals surface area contributed by atoms with Crippen molar-refractivity contribution in [3.05, 3.63) is 0 Å². The van der Waals surface area contributed by atoms with E-state index in [1.807, 2.05) is 0 Å². The van der Waals surface area contributed by atoms with Gasteiger partial charge in [-0.05, 0) is 25.7 Å². The molecule has 1 rings (SSSR count). The van der Waals surface area contributed by atoms with Crippen LogP contribution in [0, 0.1) is 0 Å². The first kappa shape index (κ1) is 9.05. The molecule has 0 aliphatic carbocycles. The fourth-order valence-electron chi connectivity index (χ4n) is 1.90. The molecule has 0 N–H and O–H groups in total. The Labute approximate surface area is 71.0 Å². The van der Waals surface area contributed by atoms with Crippen molar-refractivity contribution in [3.63, 3.8) is 0 Å². The number of nitrogens with zero attached hydrogens (tertiary/aromatic N) is 1. The molecule has 66 valence electrons. The van der Waals surface area contributed by atoms with Crippen LogP contribution in [0.2, 0.25) is 0 Å². The van der Waals surface area contributed by atoms with E-state index in [-0.39, 0.29) is 0 Å². The van der Waals surface area contributed by atoms with Crippen molar-refractivity contribution < 1.29 is 4.48 Å². The summed E-state index contributed by atoms with van der Waals surface area (Å²) in [4.78, 5) is 0. The van der Waals surface area contributed by atoms with Gasteiger partial charge in [0.05, 0.1) is 27.2 Å². The summed E-state index contributed by atoms with van der Waals surface area (Å²) in [5.74, 6) is 0. The zero-order chi connectivity index (χ0) is 8.16. The highest BCUT2D eigenvalue weighted by Gasteiger charge is 2.14. The molecule has 1 fully saturated rings. The van der Waals surface area contributed by atoms with Crippen LogP contribution in [-0.2, 0) is 0 Å². The van der Waals surface area contributed by atoms with E-state index in [0.717, 1.165) is 0 Å². The van der Waals surface area contributed by atoms with Crippen molar-refractivity contribution in [2.75, 3.05) is 27.2 Å². The number of quaternary nitrogens is 1. The van der Waals surface area contributed by atoms with Gasteiger partial charge in [0.25, 0.3) is 0 Å². The molecule has 0 amide bonds. The molecule has 0 radical (unpaired) electrons. The lowest BCUT2D eigenvalue weighted by Gasteiger charge is -2.29. The predicted molar refractivity (Wildman–Crippen MR) is 49.5 cm³/mol. The van der Waals surface area contributed by atoms with Crippen LogP contribution in [0.3, 0.4) is 0 Å². The third-order valence-corrected chi connectivity index (χ3v) is 2.78. The fourth-order valence-corrected chi connectivity index (χ4v) is 1.90. The van der Waals surface area contributed by atoms with Crippen LogP contribution < -0.4 is 0 Å². The maximum Gasteiger partial charge on any atom is 0.0782 e. The monoisotopic (exact) mass is 156 g/mol. The maximum atomic E-state index is 2.37. The van der Waals surface area contributed by atoms with Gasteiger partial charge in [-0.3, -0.25) is 0 Å². The summed E-state index contributed by atoms with van der Waals surface area (Å²) >= 11 is 0. The highest BCUT2D eigenvalue weighted by Crippen LogP contribution is 2.13. The molecule has 0 atom stereocenters. The third-order valence-electron chi connectivity index (χ3n) is 2.78. The van der Waals surface area contributed by atoms with Crippen LogP contribution >= 0.6 is 0 Å². The van der Waals surface area contributed by atoms with Gasteiger partial charge in [0.1, 0.15) is 0 Å². The standard InChI is InChI=1S/C10H22N/c1-11(2)9-7-5-3-4-6-8-10-11/h3-10H2,1-2H3/q+1. The number of hydrogen-bond acceptors (Lipinski definition) is 0. The van der Waals surface area contributed by atoms with E-state index in [9.17, 15) is 0 Å². The molecule has 11 heavy (non-hydrogen) atoms. The highest BCUT2D eigenvalue weighted by atomic mass is 15.3. The zero-order valence-corrected chi connectivity index (χ0v) is 8.10. The third kappa shape index (κ3) is 3.76. The number of rotatable bonds is 0. The molecule has 1 heterocycles. The fraction of sp³-hybridized carbons (Fsp3) is 1.00. The van der Waals surface area contributed by atoms with Crippen molar-refractivity contribution in [1.82, 2.24) is 0 Å². The molecule has 1 saturated heterocycles. The minimum atomic E-state index is 1.25. The molecule has 0 aromatic rings. The highest BCUT2D eigenvalue weighted by molar-refractivity contribution is 4.49. The Bertz CT molecular complexity index is 95.4. The van der Waals surface area contributed by atoms with Gasteiger partial charge in [0, 0.05) is 0 Å². The first-order valence-electron chi connectivity index (χ1n) is 5.03. The Morgan fingerprint density at radius 2 is 1.00 bits per heavy atom. The minimum absolute atomic E-state index is 1.25. The Morgan fingerprint density at radius 1 is 0.636 bits per heavy atom. The van der Waals surface area contributed by atoms with Gasteiger partial charge in [-0.15, -0.1) is 0 Å². The summed E-state index contributed by atoms with van der Waals surface area (Å²) in [5.41, 5.74) is 0. The second-order valence-electron chi connectivity index (χ2n) is 4.50. The molecule has 1 aliphatic rings. The molecule has 1 nitrogen and oxygen atoms in total. The zero-order valence-electron chi connectivity index (χ0n) is 8.10. The molecule has 1 aliphatic heterocycles. The van der Waals surface area contributed by atoms with Crippen molar-refractivity contribution >= 4 is 0 Å². The van der Waals surface area contributed by atoms with Crippen LogP contribution in [0.4, 0.5) is 0 Å². The Hall–Kier alpha value is -0.0400. The van der Waals surface area contributed by atoms with Crippen molar-refractivity contribution in [2.45, 2.75) is 38.5 Å². The molecule has 1 heteroatoms. The topological polar surface area (TPSA) is 0 Å². The van der Waals surface area contributed by atoms with Crippen LogP contribution in [0.1, 0.15) is 38.5 Å². The van der Waals surface area contributed by atoms with Gasteiger partial charge in [-0.25, -0.2) is 0 Å². The maximum absolute atomic E-state index is 2.37. The van der Waals surface area contributed by atoms with E-state index in [1.165, 1.54) is 56.1 Å². The molecule has 0 spiro atoms. The van der Waals surface area contributed by atoms with E-state index >= 15 is 0 Å². The summed E-state index contributed by atoms with van der Waals surface area (Å²) in [7, 11) is 4.73. The van der Waals surface area contributed by atoms with Crippen molar-refractivity contribution in [2.24, 2.45) is 0 Å². The van der Waals surface area contributed by atoms with Gasteiger partial charge < -0.3 is 4.48 Å². The lowest BCUT2D eigenvalue weighted by molar-refractivity contribution is -0.890. The average Bonchev–Trinajstić information content (AvgIpc) is 2.00. The molecule has 0 bridgehead atoms. The Morgan fingerprint density at radius 3 is 1.45 bits per heavy atom. The van der Waals surface area contributed by atoms with Crippen LogP contribution in [0.15, 0.2) is 0 Å². The Balaban J connectivity index is 2.31. The van der Waals surface area contributed by atoms with Crippen molar-refractivity contribution in [1.29, 1.82) is 0 Å². The van der Waals surface area contributed by atoms with Crippen LogP contribution in [0.5, 0.6) is 0 Å². The smallest absolute Gasteiger partial charge is 0.0782 e. The lowest BCUT2D eigenvalue weighted by Crippen LogP contribution is -2.40. The summed E-state index contributed by atoms with van der Waals surface area (Å²) in [6, 6.07) is 0. The molecule has 0 unspecified atom stereocenters. The van der Waals surface area contributed by atoms with Gasteiger partial charge in [-0.2, -0.15) is 0 Å². The van der Waals surface area contributed by atoms with Gasteiger partial charge in [0.15, 0.2) is 0 Å². The summed E-state index contributed by atoms with van der Waals surface area (Å²) in [6.45, 7) is 2.78. The molecule has 0 saturated carbocycles. The summed E-state index contributed by atoms with van der Waals surface area (Å²) in [6.07, 6.45) is 8.74. The largest absolute Gasteiger partial charge is 0.328 e. The van der Waals surface area contributed by atoms with Gasteiger partial charge in [-0.1, -0.05) is 12.8 Å². The first-order chi connectivity index (χ1) is 5.21. The lowest BCUT2D eigenvalue weighted by atomic mass is 10.1. The molecule has 0 aromatic heterocycles. The minimum Gasteiger partial charge on any atom is -0.328 e. The molecular formula is C10H22N+. The van der Waals surface area contributed by atoms with Crippen molar-refractivity contribution in [3.8, 4) is 0 Å².